The highest BCUT2D eigenvalue weighted by Crippen LogP contribution is 2.42. The maximum absolute atomic E-state index is 13.3. The van der Waals surface area contributed by atoms with Crippen molar-refractivity contribution in [3.63, 3.8) is 0 Å². The summed E-state index contributed by atoms with van der Waals surface area (Å²) in [5.74, 6) is -2.03. The molecule has 1 saturated heterocycles. The number of ketones is 1. The van der Waals surface area contributed by atoms with Gasteiger partial charge in [0, 0.05) is 18.2 Å². The molecule has 2 aromatic rings. The maximum atomic E-state index is 13.3. The van der Waals surface area contributed by atoms with Crippen molar-refractivity contribution in [2.75, 3.05) is 7.11 Å². The summed E-state index contributed by atoms with van der Waals surface area (Å²) in [6.45, 7) is 1.38. The van der Waals surface area contributed by atoms with Crippen LogP contribution in [0, 0.1) is 0 Å². The Morgan fingerprint density at radius 1 is 0.935 bits per heavy atom. The first-order valence-corrected chi connectivity index (χ1v) is 11.0. The lowest BCUT2D eigenvalue weighted by atomic mass is 9.98. The molecule has 31 heavy (non-hydrogen) atoms. The van der Waals surface area contributed by atoms with Crippen LogP contribution in [0.1, 0.15) is 27.6 Å². The average molecular weight is 441 g/mol. The third-order valence-corrected chi connectivity index (χ3v) is 7.50. The molecule has 0 saturated carbocycles. The van der Waals surface area contributed by atoms with E-state index in [0.29, 0.717) is 0 Å². The predicted octanol–water partition coefficient (Wildman–Crippen LogP) is 1.94. The number of fused-ring (bicyclic) bond motifs is 1. The fraction of sp³-hybridized carbons (Fsp3) is 0.227. The lowest BCUT2D eigenvalue weighted by Crippen LogP contribution is -2.72. The molecule has 1 unspecified atom stereocenters. The van der Waals surface area contributed by atoms with E-state index in [2.05, 4.69) is 0 Å². The van der Waals surface area contributed by atoms with Gasteiger partial charge in [0.25, 0.3) is 5.91 Å². The minimum Gasteiger partial charge on any atom is -0.438 e. The van der Waals surface area contributed by atoms with E-state index in [-0.39, 0.29) is 22.4 Å². The second kappa shape index (κ2) is 7.75. The van der Waals surface area contributed by atoms with Crippen molar-refractivity contribution in [3.8, 4) is 0 Å². The van der Waals surface area contributed by atoms with Crippen molar-refractivity contribution < 1.29 is 32.3 Å². The van der Waals surface area contributed by atoms with Crippen LogP contribution in [-0.4, -0.2) is 55.0 Å². The first-order chi connectivity index (χ1) is 14.8. The molecular weight excluding hydrogens is 422 g/mol. The van der Waals surface area contributed by atoms with Gasteiger partial charge in [0.2, 0.25) is 21.1 Å². The molecule has 1 amide bonds. The zero-order chi connectivity index (χ0) is 22.3. The number of ether oxygens (including phenoxy) is 2. The number of Topliss-reactive ketones (excluding diaryl/α,β-unsaturated/α-hetero) is 1. The van der Waals surface area contributed by atoms with Crippen molar-refractivity contribution >= 4 is 27.5 Å². The number of nitrogens with zero attached hydrogens (tertiary/aromatic N) is 1. The van der Waals surface area contributed by atoms with Crippen LogP contribution in [0.25, 0.3) is 0 Å². The van der Waals surface area contributed by atoms with Gasteiger partial charge in [-0.15, -0.1) is 0 Å². The molecule has 2 aromatic carbocycles. The molecular formula is C22H19NO7S. The summed E-state index contributed by atoms with van der Waals surface area (Å²) in [6, 6.07) is 16.1. The van der Waals surface area contributed by atoms with E-state index in [9.17, 15) is 22.8 Å². The Labute approximate surface area is 179 Å². The number of esters is 1. The highest BCUT2D eigenvalue weighted by Gasteiger charge is 2.63. The van der Waals surface area contributed by atoms with Crippen LogP contribution in [0.5, 0.6) is 0 Å². The number of carbonyl (C=O) groups excluding carboxylic acids is 3. The van der Waals surface area contributed by atoms with Crippen molar-refractivity contribution in [1.82, 2.24) is 4.90 Å². The van der Waals surface area contributed by atoms with Crippen LogP contribution in [-0.2, 0) is 24.1 Å². The highest BCUT2D eigenvalue weighted by atomic mass is 32.2. The van der Waals surface area contributed by atoms with Crippen LogP contribution in [0.3, 0.4) is 0 Å². The summed E-state index contributed by atoms with van der Waals surface area (Å²) in [6.07, 6.45) is -1.28. The molecule has 9 heteroatoms. The Kier molecular flexibility index (Phi) is 5.24. The van der Waals surface area contributed by atoms with E-state index in [4.69, 9.17) is 9.47 Å². The van der Waals surface area contributed by atoms with Crippen LogP contribution < -0.4 is 0 Å². The molecule has 0 aliphatic carbocycles. The number of benzene rings is 2. The fourth-order valence-corrected chi connectivity index (χ4v) is 5.95. The average Bonchev–Trinajstić information content (AvgIpc) is 2.78. The second-order valence-corrected chi connectivity index (χ2v) is 9.26. The van der Waals surface area contributed by atoms with E-state index < -0.39 is 44.4 Å². The van der Waals surface area contributed by atoms with E-state index in [1.165, 1.54) is 26.2 Å². The normalized spacial score (nSPS) is 24.3. The fourth-order valence-electron chi connectivity index (χ4n) is 3.80. The number of β-lactam (4-membered cyclic amide) rings is 1. The molecule has 2 aliphatic rings. The predicted molar refractivity (Wildman–Crippen MR) is 109 cm³/mol. The molecule has 2 aliphatic heterocycles. The maximum Gasteiger partial charge on any atom is 0.339 e. The van der Waals surface area contributed by atoms with Crippen LogP contribution >= 0.6 is 0 Å². The Hall–Kier alpha value is -3.30. The monoisotopic (exact) mass is 441 g/mol. The van der Waals surface area contributed by atoms with Gasteiger partial charge in [-0.05, 0) is 19.1 Å². The van der Waals surface area contributed by atoms with Gasteiger partial charge < -0.3 is 9.47 Å². The molecule has 160 valence electrons. The number of hydrogen-bond acceptors (Lipinski definition) is 7. The van der Waals surface area contributed by atoms with Gasteiger partial charge in [-0.3, -0.25) is 14.5 Å². The third kappa shape index (κ3) is 3.26. The van der Waals surface area contributed by atoms with Gasteiger partial charge >= 0.3 is 5.97 Å². The second-order valence-electron chi connectivity index (χ2n) is 7.17. The van der Waals surface area contributed by atoms with E-state index in [1.54, 1.807) is 48.5 Å². The number of methoxy groups -OCH3 is 1. The topological polar surface area (TPSA) is 107 Å². The number of rotatable bonds is 5. The number of sulfone groups is 1. The number of amides is 1. The molecule has 4 rings (SSSR count). The lowest BCUT2D eigenvalue weighted by Gasteiger charge is -2.50. The van der Waals surface area contributed by atoms with Gasteiger partial charge in [0.05, 0.1) is 11.3 Å². The Morgan fingerprint density at radius 2 is 1.48 bits per heavy atom. The standard InChI is InChI=1S/C22H19NO7S/c1-13-16(17(24)14-9-5-3-6-10-14)23-19(25)18(29-2)20(23)31(27,28)22(13)30-21(26)15-11-7-4-8-12-15/h3-12,18,20,22H,1-2H3/t18-,20+,22?/m0/s1. The van der Waals surface area contributed by atoms with Gasteiger partial charge in [0.15, 0.2) is 11.5 Å². The van der Waals surface area contributed by atoms with Crippen molar-refractivity contribution in [2.24, 2.45) is 0 Å². The summed E-state index contributed by atoms with van der Waals surface area (Å²) in [5, 5.41) is -1.45. The van der Waals surface area contributed by atoms with Gasteiger partial charge in [-0.25, -0.2) is 13.2 Å². The summed E-state index contributed by atoms with van der Waals surface area (Å²) in [5.41, 5.74) is -1.43. The van der Waals surface area contributed by atoms with Crippen molar-refractivity contribution in [3.05, 3.63) is 83.1 Å². The molecule has 0 spiro atoms. The summed E-state index contributed by atoms with van der Waals surface area (Å²) < 4.78 is 37.0. The summed E-state index contributed by atoms with van der Waals surface area (Å²) in [7, 11) is -3.02. The van der Waals surface area contributed by atoms with Gasteiger partial charge in [0.1, 0.15) is 0 Å². The Morgan fingerprint density at radius 3 is 2.03 bits per heavy atom. The zero-order valence-electron chi connectivity index (χ0n) is 16.7. The Balaban J connectivity index is 1.82. The Bertz CT molecular complexity index is 1190. The van der Waals surface area contributed by atoms with Gasteiger partial charge in [-0.2, -0.15) is 0 Å². The smallest absolute Gasteiger partial charge is 0.339 e. The van der Waals surface area contributed by atoms with E-state index >= 15 is 0 Å². The molecule has 3 atom stereocenters. The summed E-state index contributed by atoms with van der Waals surface area (Å²) >= 11 is 0. The van der Waals surface area contributed by atoms with E-state index in [0.717, 1.165) is 4.90 Å². The van der Waals surface area contributed by atoms with E-state index in [1.807, 2.05) is 0 Å². The minimum absolute atomic E-state index is 0.0303. The molecule has 0 radical (unpaired) electrons. The first kappa shape index (κ1) is 21.0. The number of hydrogen-bond donors (Lipinski definition) is 0. The lowest BCUT2D eigenvalue weighted by molar-refractivity contribution is -0.159. The van der Waals surface area contributed by atoms with Crippen LogP contribution in [0.2, 0.25) is 0 Å². The molecule has 1 fully saturated rings. The van der Waals surface area contributed by atoms with Gasteiger partial charge in [-0.1, -0.05) is 48.5 Å². The first-order valence-electron chi connectivity index (χ1n) is 9.44. The quantitative estimate of drug-likeness (QED) is 0.396. The zero-order valence-corrected chi connectivity index (χ0v) is 17.5. The highest BCUT2D eigenvalue weighted by molar-refractivity contribution is 7.93. The van der Waals surface area contributed by atoms with Crippen molar-refractivity contribution in [2.45, 2.75) is 23.8 Å². The molecule has 8 nitrogen and oxygen atoms in total. The van der Waals surface area contributed by atoms with Crippen LogP contribution in [0.15, 0.2) is 71.9 Å². The summed E-state index contributed by atoms with van der Waals surface area (Å²) in [4.78, 5) is 39.4. The number of allylic oxidation sites excluding steroid dienone is 1. The molecule has 0 bridgehead atoms. The third-order valence-electron chi connectivity index (χ3n) is 5.33. The molecule has 0 N–H and O–H groups in total. The van der Waals surface area contributed by atoms with Crippen LogP contribution in [0.4, 0.5) is 0 Å². The number of carbonyl (C=O) groups is 3. The van der Waals surface area contributed by atoms with Crippen molar-refractivity contribution in [1.29, 1.82) is 0 Å². The molecule has 0 aromatic heterocycles. The molecule has 2 heterocycles. The largest absolute Gasteiger partial charge is 0.438 e. The minimum atomic E-state index is -4.23. The SMILES string of the molecule is CO[C@H]1C(=O)N2C(C(=O)c3ccccc3)=C(C)C(OC(=O)c3ccccc3)S(=O)(=O)[C@H]12.